The van der Waals surface area contributed by atoms with Gasteiger partial charge in [0.1, 0.15) is 48.4 Å². The monoisotopic (exact) mass is 890 g/mol. The van der Waals surface area contributed by atoms with Crippen LogP contribution in [0.4, 0.5) is 0 Å². The maximum atomic E-state index is 14.1. The fourth-order valence-corrected chi connectivity index (χ4v) is 8.76. The number of amides is 4. The lowest BCUT2D eigenvalue weighted by atomic mass is 9.87. The fraction of sp³-hybridized carbons (Fsp3) is 0.346. The van der Waals surface area contributed by atoms with Gasteiger partial charge in [0.05, 0.1) is 36.9 Å². The Bertz CT molecular complexity index is 2440. The molecule has 14 heteroatoms. The highest BCUT2D eigenvalue weighted by Crippen LogP contribution is 2.50. The molecule has 0 fully saturated rings. The Labute approximate surface area is 385 Å². The number of aromatic amines is 2. The summed E-state index contributed by atoms with van der Waals surface area (Å²) in [6.07, 6.45) is 7.08. The van der Waals surface area contributed by atoms with Gasteiger partial charge in [-0.2, -0.15) is 0 Å². The normalized spacial score (nSPS) is 13.1. The van der Waals surface area contributed by atoms with Crippen molar-refractivity contribution >= 4 is 23.6 Å². The van der Waals surface area contributed by atoms with Gasteiger partial charge in [-0.15, -0.1) is 0 Å². The van der Waals surface area contributed by atoms with Crippen molar-refractivity contribution in [2.75, 3.05) is 13.1 Å². The minimum Gasteiger partial charge on any atom is -0.488 e. The third-order valence-electron chi connectivity index (χ3n) is 11.9. The van der Waals surface area contributed by atoms with E-state index in [-0.39, 0.29) is 36.7 Å². The Morgan fingerprint density at radius 2 is 1.00 bits per heavy atom. The molecule has 2 aliphatic rings. The van der Waals surface area contributed by atoms with Gasteiger partial charge in [0, 0.05) is 59.3 Å². The Kier molecular flexibility index (Phi) is 14.2. The molecule has 0 saturated carbocycles. The molecule has 342 valence electrons. The summed E-state index contributed by atoms with van der Waals surface area (Å²) in [4.78, 5) is 73.5. The molecule has 4 heterocycles. The Hall–Kier alpha value is -7.22. The average Bonchev–Trinajstić information content (AvgIpc) is 4.02. The van der Waals surface area contributed by atoms with Crippen molar-refractivity contribution in [3.8, 4) is 45.1 Å². The van der Waals surface area contributed by atoms with Crippen LogP contribution in [0.5, 0.6) is 11.5 Å². The number of hydrogen-bond acceptors (Lipinski definition) is 8. The molecule has 0 bridgehead atoms. The maximum absolute atomic E-state index is 14.1. The molecule has 0 saturated heterocycles. The van der Waals surface area contributed by atoms with E-state index in [2.05, 4.69) is 32.7 Å². The van der Waals surface area contributed by atoms with Crippen molar-refractivity contribution < 1.29 is 28.7 Å². The highest BCUT2D eigenvalue weighted by atomic mass is 16.5. The topological polar surface area (TPSA) is 175 Å². The predicted octanol–water partition coefficient (Wildman–Crippen LogP) is 8.71. The van der Waals surface area contributed by atoms with Crippen LogP contribution in [0.1, 0.15) is 112 Å². The van der Waals surface area contributed by atoms with E-state index in [1.807, 2.05) is 100 Å². The van der Waals surface area contributed by atoms with Crippen LogP contribution in [0.15, 0.2) is 97.3 Å². The van der Waals surface area contributed by atoms with Crippen LogP contribution in [0.25, 0.3) is 33.6 Å². The zero-order chi connectivity index (χ0) is 46.2. The molecule has 14 nitrogen and oxygen atoms in total. The molecule has 0 radical (unpaired) electrons. The molecule has 4 amide bonds. The van der Waals surface area contributed by atoms with Gasteiger partial charge in [-0.05, 0) is 61.1 Å². The van der Waals surface area contributed by atoms with Crippen LogP contribution in [0, 0.1) is 0 Å². The molecule has 2 aliphatic heterocycles. The number of nitrogens with zero attached hydrogens (tertiary/aromatic N) is 4. The number of carbonyl (C=O) groups is 4. The lowest BCUT2D eigenvalue weighted by Gasteiger charge is -2.30. The van der Waals surface area contributed by atoms with Crippen LogP contribution in [0.2, 0.25) is 0 Å². The number of hydrogen-bond donors (Lipinski definition) is 4. The number of carbonyl (C=O) groups excluding carboxylic acids is 4. The lowest BCUT2D eigenvalue weighted by Crippen LogP contribution is -2.43. The number of nitrogens with one attached hydrogen (secondary N) is 4. The van der Waals surface area contributed by atoms with Gasteiger partial charge < -0.3 is 39.9 Å². The van der Waals surface area contributed by atoms with Gasteiger partial charge in [-0.1, -0.05) is 88.4 Å². The number of ether oxygens (including phenoxy) is 2. The van der Waals surface area contributed by atoms with E-state index in [1.54, 1.807) is 22.2 Å². The lowest BCUT2D eigenvalue weighted by molar-refractivity contribution is -0.137. The molecule has 2 aromatic heterocycles. The summed E-state index contributed by atoms with van der Waals surface area (Å²) in [6, 6.07) is 25.3. The van der Waals surface area contributed by atoms with Gasteiger partial charge >= 0.3 is 0 Å². The van der Waals surface area contributed by atoms with Crippen molar-refractivity contribution in [3.63, 3.8) is 0 Å². The van der Waals surface area contributed by atoms with Crippen LogP contribution in [0.3, 0.4) is 0 Å². The first-order valence-electron chi connectivity index (χ1n) is 23.1. The first-order chi connectivity index (χ1) is 32.2. The molecule has 6 aromatic rings. The van der Waals surface area contributed by atoms with E-state index in [9.17, 15) is 19.2 Å². The molecule has 4 N–H and O–H groups in total. The average molecular weight is 891 g/mol. The molecular formula is C52H58N8O6. The van der Waals surface area contributed by atoms with E-state index < -0.39 is 12.1 Å². The van der Waals surface area contributed by atoms with Gasteiger partial charge in [-0.25, -0.2) is 9.97 Å². The quantitative estimate of drug-likeness (QED) is 0.0589. The third-order valence-corrected chi connectivity index (χ3v) is 11.9. The smallest absolute Gasteiger partial charge is 0.250 e. The Morgan fingerprint density at radius 3 is 1.38 bits per heavy atom. The van der Waals surface area contributed by atoms with E-state index in [1.165, 1.54) is 0 Å². The summed E-state index contributed by atoms with van der Waals surface area (Å²) in [5, 5.41) is 5.94. The van der Waals surface area contributed by atoms with Crippen molar-refractivity contribution in [3.05, 3.63) is 131 Å². The molecule has 66 heavy (non-hydrogen) atoms. The zero-order valence-corrected chi connectivity index (χ0v) is 38.1. The highest BCUT2D eigenvalue weighted by molar-refractivity contribution is 5.90. The first-order valence-corrected chi connectivity index (χ1v) is 23.1. The standard InChI is InChI=1S/C52H58N8O6/c1-5-15-45(61)57-49(33-17-11-9-12-18-33)51(63)59(21-7-3)29-43-53-27-39(55-43)35-23-37-31-66-42-26-36(24-38-32-65-41(25-35)47(37)48(38)42)40-28-54-44(56-40)30-60(22-8-4)52(64)50(58-46(62)16-6-2)34-19-13-10-14-20-34/h9-14,17-20,23-28,49-50H,5-8,15-16,21-22,29-32H2,1-4H3,(H,53,55)(H,54,56)(H,57,61)(H,58,62)/t49-,50-/m1/s1. The molecule has 0 unspecified atom stereocenters. The summed E-state index contributed by atoms with van der Waals surface area (Å²) >= 11 is 0. The highest BCUT2D eigenvalue weighted by Gasteiger charge is 2.32. The van der Waals surface area contributed by atoms with E-state index >= 15 is 0 Å². The number of aromatic nitrogens is 4. The van der Waals surface area contributed by atoms with E-state index in [0.29, 0.717) is 63.6 Å². The molecule has 8 rings (SSSR count). The van der Waals surface area contributed by atoms with E-state index in [4.69, 9.17) is 19.4 Å². The van der Waals surface area contributed by atoms with Crippen molar-refractivity contribution in [1.82, 2.24) is 40.4 Å². The summed E-state index contributed by atoms with van der Waals surface area (Å²) < 4.78 is 12.9. The SMILES string of the molecule is CCCC(=O)N[C@@H](C(=O)N(CCC)Cc1ncc(-c2cc3c4c(c2)OCc2cc(-c5cnc(CN(CCC)C(=O)[C@H](NC(=O)CCC)c6ccccc6)[nH]5)cc(c2-4)OC3)[nH]1)c1ccccc1. The fourth-order valence-electron chi connectivity index (χ4n) is 8.76. The van der Waals surface area contributed by atoms with E-state index in [0.717, 1.165) is 80.2 Å². The summed E-state index contributed by atoms with van der Waals surface area (Å²) in [6.45, 7) is 10.1. The van der Waals surface area contributed by atoms with Crippen LogP contribution in [-0.2, 0) is 45.5 Å². The molecule has 2 atom stereocenters. The second-order valence-corrected chi connectivity index (χ2v) is 16.9. The minimum atomic E-state index is -0.803. The van der Waals surface area contributed by atoms with Crippen molar-refractivity contribution in [2.45, 2.75) is 105 Å². The number of rotatable bonds is 20. The molecule has 0 spiro atoms. The van der Waals surface area contributed by atoms with Crippen LogP contribution in [-0.4, -0.2) is 66.5 Å². The molecular weight excluding hydrogens is 833 g/mol. The second-order valence-electron chi connectivity index (χ2n) is 16.9. The number of imidazole rings is 2. The first kappa shape index (κ1) is 45.4. The zero-order valence-electron chi connectivity index (χ0n) is 38.1. The predicted molar refractivity (Wildman–Crippen MR) is 252 cm³/mol. The van der Waals surface area contributed by atoms with Gasteiger partial charge in [0.2, 0.25) is 23.6 Å². The summed E-state index contributed by atoms with van der Waals surface area (Å²) in [5.41, 5.74) is 8.78. The van der Waals surface area contributed by atoms with Crippen LogP contribution < -0.4 is 20.1 Å². The molecule has 0 aliphatic carbocycles. The van der Waals surface area contributed by atoms with Gasteiger partial charge in [0.15, 0.2) is 0 Å². The molecule has 4 aromatic carbocycles. The Balaban J connectivity index is 0.992. The maximum Gasteiger partial charge on any atom is 0.250 e. The van der Waals surface area contributed by atoms with Crippen LogP contribution >= 0.6 is 0 Å². The van der Waals surface area contributed by atoms with Crippen molar-refractivity contribution in [2.24, 2.45) is 0 Å². The van der Waals surface area contributed by atoms with Gasteiger partial charge in [-0.3, -0.25) is 19.2 Å². The second kappa shape index (κ2) is 20.7. The third kappa shape index (κ3) is 10.0. The Morgan fingerprint density at radius 1 is 0.591 bits per heavy atom. The largest absolute Gasteiger partial charge is 0.488 e. The van der Waals surface area contributed by atoms with Gasteiger partial charge in [0.25, 0.3) is 0 Å². The summed E-state index contributed by atoms with van der Waals surface area (Å²) in [7, 11) is 0. The number of benzene rings is 4. The number of H-pyrrole nitrogens is 2. The van der Waals surface area contributed by atoms with Crippen molar-refractivity contribution in [1.29, 1.82) is 0 Å². The summed E-state index contributed by atoms with van der Waals surface area (Å²) in [5.74, 6) is 2.06. The minimum absolute atomic E-state index is 0.161.